The largest absolute Gasteiger partial charge is 0.379 e. The van der Waals surface area contributed by atoms with Gasteiger partial charge in [-0.25, -0.2) is 4.99 Å². The maximum Gasteiger partial charge on any atom is 0.241 e. The minimum absolute atomic E-state index is 0. The van der Waals surface area contributed by atoms with E-state index in [0.717, 1.165) is 58.7 Å². The zero-order chi connectivity index (χ0) is 19.2. The Kier molecular flexibility index (Phi) is 16.0. The van der Waals surface area contributed by atoms with Crippen LogP contribution in [0.3, 0.4) is 0 Å². The lowest BCUT2D eigenvalue weighted by atomic mass is 9.92. The molecule has 3 N–H and O–H groups in total. The Labute approximate surface area is 182 Å². The quantitative estimate of drug-likeness (QED) is 0.231. The zero-order valence-corrected chi connectivity index (χ0v) is 19.9. The first-order valence-electron chi connectivity index (χ1n) is 10.3. The molecule has 1 fully saturated rings. The molecule has 0 saturated carbocycles. The van der Waals surface area contributed by atoms with Crippen molar-refractivity contribution >= 4 is 35.8 Å². The first-order valence-corrected chi connectivity index (χ1v) is 10.3. The Morgan fingerprint density at radius 2 is 1.74 bits per heavy atom. The second kappa shape index (κ2) is 16.4. The zero-order valence-electron chi connectivity index (χ0n) is 17.6. The number of nitrogens with zero attached hydrogens (tertiary/aromatic N) is 2. The number of rotatable bonds is 11. The summed E-state index contributed by atoms with van der Waals surface area (Å²) in [6.07, 6.45) is 3.26. The summed E-state index contributed by atoms with van der Waals surface area (Å²) in [5.74, 6) is 1.31. The topological polar surface area (TPSA) is 78.0 Å². The van der Waals surface area contributed by atoms with Gasteiger partial charge in [-0.2, -0.15) is 0 Å². The summed E-state index contributed by atoms with van der Waals surface area (Å²) in [5, 5.41) is 9.56. The molecule has 0 aliphatic carbocycles. The van der Waals surface area contributed by atoms with E-state index in [4.69, 9.17) is 4.74 Å². The van der Waals surface area contributed by atoms with E-state index >= 15 is 0 Å². The maximum absolute atomic E-state index is 11.8. The summed E-state index contributed by atoms with van der Waals surface area (Å²) in [6.45, 7) is 14.6. The predicted molar refractivity (Wildman–Crippen MR) is 123 cm³/mol. The van der Waals surface area contributed by atoms with Gasteiger partial charge in [-0.15, -0.1) is 24.0 Å². The molecule has 0 radical (unpaired) electrons. The third kappa shape index (κ3) is 10.5. The fraction of sp³-hybridized carbons (Fsp3) is 0.895. The summed E-state index contributed by atoms with van der Waals surface area (Å²) in [7, 11) is 0. The van der Waals surface area contributed by atoms with Crippen LogP contribution >= 0.6 is 24.0 Å². The molecule has 27 heavy (non-hydrogen) atoms. The maximum atomic E-state index is 11.8. The summed E-state index contributed by atoms with van der Waals surface area (Å²) in [5.41, 5.74) is 0. The van der Waals surface area contributed by atoms with Crippen molar-refractivity contribution < 1.29 is 9.53 Å². The van der Waals surface area contributed by atoms with Crippen molar-refractivity contribution in [2.45, 2.75) is 53.0 Å². The van der Waals surface area contributed by atoms with E-state index < -0.39 is 0 Å². The third-order valence-corrected chi connectivity index (χ3v) is 4.88. The van der Waals surface area contributed by atoms with Crippen LogP contribution in [0.1, 0.15) is 47.0 Å². The molecular formula is C19H40IN5O2. The monoisotopic (exact) mass is 497 g/mol. The van der Waals surface area contributed by atoms with Gasteiger partial charge in [0, 0.05) is 38.8 Å². The van der Waals surface area contributed by atoms with Crippen molar-refractivity contribution in [1.29, 1.82) is 0 Å². The van der Waals surface area contributed by atoms with E-state index in [1.54, 1.807) is 0 Å². The Morgan fingerprint density at radius 3 is 2.30 bits per heavy atom. The van der Waals surface area contributed by atoms with Crippen LogP contribution in [-0.2, 0) is 9.53 Å². The van der Waals surface area contributed by atoms with Crippen molar-refractivity contribution in [3.05, 3.63) is 0 Å². The van der Waals surface area contributed by atoms with Gasteiger partial charge in [0.05, 0.1) is 13.2 Å². The number of nitrogens with one attached hydrogen (secondary N) is 3. The predicted octanol–water partition coefficient (Wildman–Crippen LogP) is 1.82. The molecule has 1 saturated heterocycles. The highest BCUT2D eigenvalue weighted by Gasteiger charge is 2.27. The Balaban J connectivity index is 0.00000676. The van der Waals surface area contributed by atoms with Crippen molar-refractivity contribution in [3.8, 4) is 0 Å². The van der Waals surface area contributed by atoms with Crippen LogP contribution < -0.4 is 16.0 Å². The van der Waals surface area contributed by atoms with Gasteiger partial charge in [-0.05, 0) is 19.3 Å². The number of morpholine rings is 1. The number of ether oxygens (including phenoxy) is 1. The van der Waals surface area contributed by atoms with E-state index in [0.29, 0.717) is 24.5 Å². The van der Waals surface area contributed by atoms with Crippen LogP contribution in [-0.4, -0.2) is 75.3 Å². The second-order valence-electron chi connectivity index (χ2n) is 6.72. The molecule has 1 aliphatic rings. The molecule has 1 aliphatic heterocycles. The molecule has 0 aromatic heterocycles. The number of hydrogen-bond acceptors (Lipinski definition) is 4. The molecular weight excluding hydrogens is 457 g/mol. The minimum atomic E-state index is -0.0335. The lowest BCUT2D eigenvalue weighted by Gasteiger charge is -2.39. The van der Waals surface area contributed by atoms with Crippen LogP contribution in [0.25, 0.3) is 0 Å². The first kappa shape index (κ1) is 26.4. The normalized spacial score (nSPS) is 16.6. The number of halogens is 1. The molecule has 0 aromatic carbocycles. The average molecular weight is 497 g/mol. The molecule has 160 valence electrons. The van der Waals surface area contributed by atoms with Gasteiger partial charge in [0.2, 0.25) is 5.91 Å². The van der Waals surface area contributed by atoms with Crippen molar-refractivity contribution in [2.75, 3.05) is 52.5 Å². The third-order valence-electron chi connectivity index (χ3n) is 4.88. The first-order chi connectivity index (χ1) is 12.7. The standard InChI is InChI=1S/C19H39N5O2.HI/c1-5-9-21-18(25)15-23-19(20-8-4)22-14-17(16(6-2)7-3)24-10-12-26-13-11-24;/h16-17H,5-15H2,1-4H3,(H,21,25)(H2,20,22,23);1H. The van der Waals surface area contributed by atoms with Gasteiger partial charge in [0.25, 0.3) is 0 Å². The van der Waals surface area contributed by atoms with Crippen molar-refractivity contribution in [2.24, 2.45) is 10.9 Å². The van der Waals surface area contributed by atoms with E-state index in [9.17, 15) is 4.79 Å². The van der Waals surface area contributed by atoms with Crippen molar-refractivity contribution in [1.82, 2.24) is 20.9 Å². The van der Waals surface area contributed by atoms with Gasteiger partial charge in [-0.1, -0.05) is 33.6 Å². The molecule has 1 unspecified atom stereocenters. The van der Waals surface area contributed by atoms with Gasteiger partial charge in [-0.3, -0.25) is 9.69 Å². The highest BCUT2D eigenvalue weighted by molar-refractivity contribution is 14.0. The lowest BCUT2D eigenvalue weighted by molar-refractivity contribution is -0.119. The van der Waals surface area contributed by atoms with Gasteiger partial charge < -0.3 is 20.7 Å². The molecule has 1 amide bonds. The molecule has 0 aromatic rings. The van der Waals surface area contributed by atoms with Crippen LogP contribution in [0.2, 0.25) is 0 Å². The van der Waals surface area contributed by atoms with Gasteiger partial charge in [0.1, 0.15) is 6.54 Å². The van der Waals surface area contributed by atoms with E-state index in [1.807, 2.05) is 13.8 Å². The SMILES string of the molecule is CCCNC(=O)CN=C(NCC)NCC(C(CC)CC)N1CCOCC1.I. The molecule has 0 spiro atoms. The molecule has 1 rings (SSSR count). The fourth-order valence-corrected chi connectivity index (χ4v) is 3.35. The molecule has 1 atom stereocenters. The number of carbonyl (C=O) groups is 1. The highest BCUT2D eigenvalue weighted by atomic mass is 127. The van der Waals surface area contributed by atoms with Crippen LogP contribution in [0.5, 0.6) is 0 Å². The summed E-state index contributed by atoms with van der Waals surface area (Å²) < 4.78 is 5.52. The molecule has 0 bridgehead atoms. The van der Waals surface area contributed by atoms with Crippen LogP contribution in [0.15, 0.2) is 4.99 Å². The van der Waals surface area contributed by atoms with E-state index in [2.05, 4.69) is 39.7 Å². The van der Waals surface area contributed by atoms with Crippen LogP contribution in [0.4, 0.5) is 0 Å². The minimum Gasteiger partial charge on any atom is -0.379 e. The highest BCUT2D eigenvalue weighted by Crippen LogP contribution is 2.19. The number of carbonyl (C=O) groups excluding carboxylic acids is 1. The smallest absolute Gasteiger partial charge is 0.241 e. The molecule has 1 heterocycles. The fourth-order valence-electron chi connectivity index (χ4n) is 3.35. The van der Waals surface area contributed by atoms with E-state index in [1.165, 1.54) is 0 Å². The summed E-state index contributed by atoms with van der Waals surface area (Å²) in [4.78, 5) is 18.8. The molecule has 7 nitrogen and oxygen atoms in total. The van der Waals surface area contributed by atoms with Gasteiger partial charge in [0.15, 0.2) is 5.96 Å². The number of amides is 1. The Bertz CT molecular complexity index is 413. The number of aliphatic imine (C=N–C) groups is 1. The molecule has 8 heteroatoms. The van der Waals surface area contributed by atoms with Crippen molar-refractivity contribution in [3.63, 3.8) is 0 Å². The Morgan fingerprint density at radius 1 is 1.07 bits per heavy atom. The Hall–Kier alpha value is -0.610. The second-order valence-corrected chi connectivity index (χ2v) is 6.72. The van der Waals surface area contributed by atoms with Gasteiger partial charge >= 0.3 is 0 Å². The summed E-state index contributed by atoms with van der Waals surface area (Å²) in [6, 6.07) is 0.451. The number of hydrogen-bond donors (Lipinski definition) is 3. The lowest BCUT2D eigenvalue weighted by Crippen LogP contribution is -2.53. The summed E-state index contributed by atoms with van der Waals surface area (Å²) >= 11 is 0. The average Bonchev–Trinajstić information content (AvgIpc) is 2.68. The number of guanidine groups is 1. The van der Waals surface area contributed by atoms with E-state index in [-0.39, 0.29) is 36.4 Å². The van der Waals surface area contributed by atoms with Crippen LogP contribution in [0, 0.1) is 5.92 Å².